The smallest absolute Gasteiger partial charge is 0.402 e. The summed E-state index contributed by atoms with van der Waals surface area (Å²) < 4.78 is 10.4. The SMILES string of the molecule is Cc1ccc(CC(NC(=O)C(C)C(=O)NCC2CCCO2)OB(O)O)cc1. The Kier molecular flexibility index (Phi) is 8.24. The van der Waals surface area contributed by atoms with E-state index < -0.39 is 31.3 Å². The van der Waals surface area contributed by atoms with Crippen LogP contribution in [0.4, 0.5) is 0 Å². The van der Waals surface area contributed by atoms with Crippen LogP contribution in [0.5, 0.6) is 0 Å². The van der Waals surface area contributed by atoms with Gasteiger partial charge in [-0.05, 0) is 32.3 Å². The van der Waals surface area contributed by atoms with E-state index in [9.17, 15) is 9.59 Å². The van der Waals surface area contributed by atoms with Crippen molar-refractivity contribution in [2.75, 3.05) is 13.2 Å². The second kappa shape index (κ2) is 10.4. The zero-order chi connectivity index (χ0) is 19.8. The molecule has 3 unspecified atom stereocenters. The van der Waals surface area contributed by atoms with Gasteiger partial charge in [0, 0.05) is 19.6 Å². The van der Waals surface area contributed by atoms with E-state index in [0.717, 1.165) is 24.0 Å². The molecule has 1 aliphatic rings. The average molecular weight is 378 g/mol. The van der Waals surface area contributed by atoms with Gasteiger partial charge >= 0.3 is 7.32 Å². The van der Waals surface area contributed by atoms with Crippen LogP contribution in [0, 0.1) is 12.8 Å². The van der Waals surface area contributed by atoms with Gasteiger partial charge < -0.3 is 30.1 Å². The maximum absolute atomic E-state index is 12.4. The lowest BCUT2D eigenvalue weighted by Crippen LogP contribution is -2.48. The van der Waals surface area contributed by atoms with Crippen LogP contribution in [0.3, 0.4) is 0 Å². The van der Waals surface area contributed by atoms with Gasteiger partial charge in [-0.1, -0.05) is 29.8 Å². The molecule has 1 fully saturated rings. The zero-order valence-electron chi connectivity index (χ0n) is 15.7. The summed E-state index contributed by atoms with van der Waals surface area (Å²) >= 11 is 0. The van der Waals surface area contributed by atoms with E-state index >= 15 is 0 Å². The van der Waals surface area contributed by atoms with E-state index in [2.05, 4.69) is 10.6 Å². The molecule has 27 heavy (non-hydrogen) atoms. The van der Waals surface area contributed by atoms with E-state index in [1.165, 1.54) is 6.92 Å². The Morgan fingerprint density at radius 2 is 2.00 bits per heavy atom. The Morgan fingerprint density at radius 3 is 2.59 bits per heavy atom. The van der Waals surface area contributed by atoms with Crippen LogP contribution >= 0.6 is 0 Å². The van der Waals surface area contributed by atoms with Gasteiger partial charge in [0.1, 0.15) is 12.1 Å². The van der Waals surface area contributed by atoms with Gasteiger partial charge in [-0.25, -0.2) is 0 Å². The largest absolute Gasteiger partial charge is 0.635 e. The normalized spacial score (nSPS) is 18.6. The van der Waals surface area contributed by atoms with Crippen LogP contribution in [0.25, 0.3) is 0 Å². The van der Waals surface area contributed by atoms with Crippen molar-refractivity contribution in [2.24, 2.45) is 5.92 Å². The Hall–Kier alpha value is -1.94. The molecule has 0 bridgehead atoms. The van der Waals surface area contributed by atoms with Gasteiger partial charge in [-0.2, -0.15) is 0 Å². The molecule has 0 radical (unpaired) electrons. The summed E-state index contributed by atoms with van der Waals surface area (Å²) in [6.07, 6.45) is 1.10. The third-order valence-electron chi connectivity index (χ3n) is 4.45. The third kappa shape index (κ3) is 7.30. The number of amides is 2. The lowest BCUT2D eigenvalue weighted by molar-refractivity contribution is -0.136. The van der Waals surface area contributed by atoms with Crippen molar-refractivity contribution < 1.29 is 29.0 Å². The van der Waals surface area contributed by atoms with Gasteiger partial charge in [-0.3, -0.25) is 9.59 Å². The molecule has 2 amide bonds. The first-order chi connectivity index (χ1) is 12.8. The van der Waals surface area contributed by atoms with Crippen LogP contribution < -0.4 is 10.6 Å². The molecule has 1 saturated heterocycles. The predicted octanol–water partition coefficient (Wildman–Crippen LogP) is -0.103. The topological polar surface area (TPSA) is 117 Å². The summed E-state index contributed by atoms with van der Waals surface area (Å²) in [7, 11) is -2.04. The number of hydrogen-bond donors (Lipinski definition) is 4. The van der Waals surface area contributed by atoms with Crippen LogP contribution in [0.1, 0.15) is 30.9 Å². The van der Waals surface area contributed by atoms with Crippen molar-refractivity contribution in [1.29, 1.82) is 0 Å². The quantitative estimate of drug-likeness (QED) is 0.271. The standard InChI is InChI=1S/C18H27BN2O6/c1-12-5-7-14(8-6-12)10-16(27-19(24)25)21-18(23)13(2)17(22)20-11-15-4-3-9-26-15/h5-8,13,15-16,24-25H,3-4,9-11H2,1-2H3,(H,20,22)(H,21,23). The minimum absolute atomic E-state index is 0.00799. The second-order valence-electron chi connectivity index (χ2n) is 6.75. The lowest BCUT2D eigenvalue weighted by Gasteiger charge is -2.22. The number of hydrogen-bond acceptors (Lipinski definition) is 6. The van der Waals surface area contributed by atoms with Gasteiger partial charge in [0.2, 0.25) is 11.8 Å². The molecule has 1 aromatic rings. The Balaban J connectivity index is 1.88. The van der Waals surface area contributed by atoms with E-state index in [1.54, 1.807) is 0 Å². The Labute approximate surface area is 159 Å². The number of rotatable bonds is 9. The maximum atomic E-state index is 12.4. The number of nitrogens with one attached hydrogen (secondary N) is 2. The number of carbonyl (C=O) groups is 2. The van der Waals surface area contributed by atoms with Gasteiger partial charge in [0.25, 0.3) is 0 Å². The highest BCUT2D eigenvalue weighted by Gasteiger charge is 2.27. The molecule has 9 heteroatoms. The highest BCUT2D eigenvalue weighted by Crippen LogP contribution is 2.11. The Morgan fingerprint density at radius 1 is 1.30 bits per heavy atom. The summed E-state index contributed by atoms with van der Waals surface area (Å²) in [4.78, 5) is 24.5. The lowest BCUT2D eigenvalue weighted by atomic mass is 10.1. The molecule has 8 nitrogen and oxygen atoms in total. The fourth-order valence-corrected chi connectivity index (χ4v) is 2.79. The molecular weight excluding hydrogens is 351 g/mol. The summed E-state index contributed by atoms with van der Waals surface area (Å²) in [5.74, 6) is -1.93. The molecule has 1 aromatic carbocycles. The number of carbonyl (C=O) groups excluding carboxylic acids is 2. The summed E-state index contributed by atoms with van der Waals surface area (Å²) in [5, 5.41) is 23.5. The van der Waals surface area contributed by atoms with Crippen molar-refractivity contribution in [3.63, 3.8) is 0 Å². The molecule has 148 valence electrons. The minimum Gasteiger partial charge on any atom is -0.402 e. The maximum Gasteiger partial charge on any atom is 0.635 e. The average Bonchev–Trinajstić information content (AvgIpc) is 3.14. The predicted molar refractivity (Wildman–Crippen MR) is 99.2 cm³/mol. The first kappa shape index (κ1) is 21.4. The number of aryl methyl sites for hydroxylation is 1. The Bertz CT molecular complexity index is 619. The van der Waals surface area contributed by atoms with Crippen LogP contribution in [-0.2, 0) is 25.4 Å². The minimum atomic E-state index is -2.04. The molecule has 4 N–H and O–H groups in total. The summed E-state index contributed by atoms with van der Waals surface area (Å²) in [6, 6.07) is 7.54. The van der Waals surface area contributed by atoms with E-state index in [-0.39, 0.29) is 12.5 Å². The monoisotopic (exact) mass is 378 g/mol. The molecule has 0 spiro atoms. The highest BCUT2D eigenvalue weighted by atomic mass is 16.6. The summed E-state index contributed by atoms with van der Waals surface area (Å²) in [6.45, 7) is 4.50. The number of benzene rings is 1. The fourth-order valence-electron chi connectivity index (χ4n) is 2.79. The van der Waals surface area contributed by atoms with Crippen molar-refractivity contribution in [1.82, 2.24) is 10.6 Å². The number of ether oxygens (including phenoxy) is 1. The molecule has 1 heterocycles. The summed E-state index contributed by atoms with van der Waals surface area (Å²) in [5.41, 5.74) is 1.93. The molecule has 0 saturated carbocycles. The zero-order valence-corrected chi connectivity index (χ0v) is 15.7. The van der Waals surface area contributed by atoms with Crippen LogP contribution in [-0.4, -0.2) is 54.7 Å². The van der Waals surface area contributed by atoms with Gasteiger partial charge in [0.05, 0.1) is 6.10 Å². The van der Waals surface area contributed by atoms with Crippen molar-refractivity contribution in [3.8, 4) is 0 Å². The fraction of sp³-hybridized carbons (Fsp3) is 0.556. The van der Waals surface area contributed by atoms with Crippen molar-refractivity contribution in [2.45, 2.75) is 45.4 Å². The second-order valence-corrected chi connectivity index (χ2v) is 6.75. The molecule has 0 aromatic heterocycles. The van der Waals surface area contributed by atoms with Crippen LogP contribution in [0.15, 0.2) is 24.3 Å². The van der Waals surface area contributed by atoms with E-state index in [4.69, 9.17) is 19.4 Å². The van der Waals surface area contributed by atoms with E-state index in [1.807, 2.05) is 31.2 Å². The molecule has 3 atom stereocenters. The molecule has 0 aliphatic carbocycles. The highest BCUT2D eigenvalue weighted by molar-refractivity contribution is 6.32. The van der Waals surface area contributed by atoms with Crippen LogP contribution in [0.2, 0.25) is 0 Å². The first-order valence-electron chi connectivity index (χ1n) is 9.12. The molecule has 2 rings (SSSR count). The molecular formula is C18H27BN2O6. The third-order valence-corrected chi connectivity index (χ3v) is 4.45. The van der Waals surface area contributed by atoms with Gasteiger partial charge in [-0.15, -0.1) is 0 Å². The first-order valence-corrected chi connectivity index (χ1v) is 9.12. The van der Waals surface area contributed by atoms with E-state index in [0.29, 0.717) is 13.2 Å². The van der Waals surface area contributed by atoms with Crippen molar-refractivity contribution in [3.05, 3.63) is 35.4 Å². The van der Waals surface area contributed by atoms with Gasteiger partial charge in [0.15, 0.2) is 0 Å². The van der Waals surface area contributed by atoms with Crippen molar-refractivity contribution >= 4 is 19.1 Å². The molecule has 1 aliphatic heterocycles.